The van der Waals surface area contributed by atoms with Crippen molar-refractivity contribution < 1.29 is 14.6 Å². The SMILES string of the molecule is CCc1cc(C(=O)O)cc(NCCOCCC(C)C)n1. The lowest BCUT2D eigenvalue weighted by atomic mass is 10.1. The molecule has 2 N–H and O–H groups in total. The zero-order valence-electron chi connectivity index (χ0n) is 12.5. The Labute approximate surface area is 120 Å². The van der Waals surface area contributed by atoms with Gasteiger partial charge in [-0.3, -0.25) is 0 Å². The highest BCUT2D eigenvalue weighted by atomic mass is 16.5. The second kappa shape index (κ2) is 8.53. The molecule has 1 aromatic heterocycles. The van der Waals surface area contributed by atoms with Crippen LogP contribution in [0.3, 0.4) is 0 Å². The first kappa shape index (κ1) is 16.4. The zero-order valence-corrected chi connectivity index (χ0v) is 12.5. The number of hydrogen-bond acceptors (Lipinski definition) is 4. The Morgan fingerprint density at radius 1 is 1.40 bits per heavy atom. The number of hydrogen-bond donors (Lipinski definition) is 2. The normalized spacial score (nSPS) is 10.8. The number of pyridine rings is 1. The summed E-state index contributed by atoms with van der Waals surface area (Å²) in [6.45, 7) is 8.24. The van der Waals surface area contributed by atoms with Gasteiger partial charge in [0.1, 0.15) is 5.82 Å². The van der Waals surface area contributed by atoms with Crippen molar-refractivity contribution in [3.8, 4) is 0 Å². The van der Waals surface area contributed by atoms with Crippen molar-refractivity contribution in [2.75, 3.05) is 25.1 Å². The molecule has 0 radical (unpaired) electrons. The van der Waals surface area contributed by atoms with Gasteiger partial charge in [-0.1, -0.05) is 20.8 Å². The van der Waals surface area contributed by atoms with Gasteiger partial charge in [0.25, 0.3) is 0 Å². The van der Waals surface area contributed by atoms with Gasteiger partial charge in [-0.05, 0) is 30.9 Å². The van der Waals surface area contributed by atoms with E-state index in [-0.39, 0.29) is 5.56 Å². The number of rotatable bonds is 9. The number of ether oxygens (including phenoxy) is 1. The lowest BCUT2D eigenvalue weighted by Gasteiger charge is -2.10. The van der Waals surface area contributed by atoms with Crippen LogP contribution in [0.1, 0.15) is 43.2 Å². The maximum atomic E-state index is 11.0. The van der Waals surface area contributed by atoms with Crippen LogP contribution in [-0.2, 0) is 11.2 Å². The predicted molar refractivity (Wildman–Crippen MR) is 79.3 cm³/mol. The van der Waals surface area contributed by atoms with Crippen molar-refractivity contribution in [1.82, 2.24) is 4.98 Å². The summed E-state index contributed by atoms with van der Waals surface area (Å²) in [5.74, 6) is 0.302. The van der Waals surface area contributed by atoms with E-state index in [1.807, 2.05) is 6.92 Å². The van der Waals surface area contributed by atoms with Gasteiger partial charge in [0.2, 0.25) is 0 Å². The first-order valence-electron chi connectivity index (χ1n) is 7.08. The topological polar surface area (TPSA) is 71.5 Å². The lowest BCUT2D eigenvalue weighted by molar-refractivity contribution is 0.0696. The summed E-state index contributed by atoms with van der Waals surface area (Å²) in [6.07, 6.45) is 1.76. The highest BCUT2D eigenvalue weighted by Crippen LogP contribution is 2.11. The Bertz CT molecular complexity index is 433. The quantitative estimate of drug-likeness (QED) is 0.681. The van der Waals surface area contributed by atoms with Crippen molar-refractivity contribution in [3.63, 3.8) is 0 Å². The average molecular weight is 280 g/mol. The molecule has 20 heavy (non-hydrogen) atoms. The fourth-order valence-electron chi connectivity index (χ4n) is 1.66. The molecule has 0 fully saturated rings. The monoisotopic (exact) mass is 280 g/mol. The van der Waals surface area contributed by atoms with Gasteiger partial charge in [-0.25, -0.2) is 9.78 Å². The third-order valence-electron chi connectivity index (χ3n) is 2.88. The molecule has 0 saturated heterocycles. The molecule has 5 heteroatoms. The number of nitrogens with one attached hydrogen (secondary N) is 1. The standard InChI is InChI=1S/C15H24N2O3/c1-4-13-9-12(15(18)19)10-14(17-13)16-6-8-20-7-5-11(2)3/h9-11H,4-8H2,1-3H3,(H,16,17)(H,18,19). The number of carboxylic acids is 1. The van der Waals surface area contributed by atoms with E-state index in [1.54, 1.807) is 12.1 Å². The van der Waals surface area contributed by atoms with Gasteiger partial charge in [-0.15, -0.1) is 0 Å². The minimum absolute atomic E-state index is 0.264. The Morgan fingerprint density at radius 3 is 2.75 bits per heavy atom. The first-order valence-corrected chi connectivity index (χ1v) is 7.08. The molecule has 5 nitrogen and oxygen atoms in total. The van der Waals surface area contributed by atoms with Gasteiger partial charge in [0.15, 0.2) is 0 Å². The third-order valence-corrected chi connectivity index (χ3v) is 2.88. The fourth-order valence-corrected chi connectivity index (χ4v) is 1.66. The highest BCUT2D eigenvalue weighted by molar-refractivity contribution is 5.88. The molecule has 0 aliphatic heterocycles. The fraction of sp³-hybridized carbons (Fsp3) is 0.600. The van der Waals surface area contributed by atoms with E-state index in [0.29, 0.717) is 31.3 Å². The first-order chi connectivity index (χ1) is 9.52. The van der Waals surface area contributed by atoms with E-state index in [4.69, 9.17) is 9.84 Å². The smallest absolute Gasteiger partial charge is 0.335 e. The van der Waals surface area contributed by atoms with Gasteiger partial charge >= 0.3 is 5.97 Å². The maximum absolute atomic E-state index is 11.0. The molecule has 1 aromatic rings. The third kappa shape index (κ3) is 6.02. The van der Waals surface area contributed by atoms with Crippen molar-refractivity contribution in [1.29, 1.82) is 0 Å². The summed E-state index contributed by atoms with van der Waals surface area (Å²) in [7, 11) is 0. The minimum atomic E-state index is -0.932. The minimum Gasteiger partial charge on any atom is -0.478 e. The summed E-state index contributed by atoms with van der Waals surface area (Å²) in [6, 6.07) is 3.16. The van der Waals surface area contributed by atoms with E-state index in [2.05, 4.69) is 24.1 Å². The van der Waals surface area contributed by atoms with Crippen LogP contribution in [0.25, 0.3) is 0 Å². The van der Waals surface area contributed by atoms with E-state index in [1.165, 1.54) is 0 Å². The molecular formula is C15H24N2O3. The highest BCUT2D eigenvalue weighted by Gasteiger charge is 2.07. The van der Waals surface area contributed by atoms with Gasteiger partial charge < -0.3 is 15.2 Å². The largest absolute Gasteiger partial charge is 0.478 e. The number of carboxylic acid groups (broad SMARTS) is 1. The second-order valence-electron chi connectivity index (χ2n) is 5.11. The molecule has 1 heterocycles. The van der Waals surface area contributed by atoms with Crippen LogP contribution in [0.15, 0.2) is 12.1 Å². The average Bonchev–Trinajstić information content (AvgIpc) is 2.41. The number of anilines is 1. The number of carbonyl (C=O) groups is 1. The summed E-state index contributed by atoms with van der Waals surface area (Å²) in [5, 5.41) is 12.1. The van der Waals surface area contributed by atoms with Crippen LogP contribution in [0.4, 0.5) is 5.82 Å². The molecule has 0 saturated carbocycles. The molecule has 0 bridgehead atoms. The van der Waals surface area contributed by atoms with Crippen molar-refractivity contribution in [2.24, 2.45) is 5.92 Å². The molecule has 112 valence electrons. The Morgan fingerprint density at radius 2 is 2.15 bits per heavy atom. The number of aryl methyl sites for hydroxylation is 1. The molecular weight excluding hydrogens is 256 g/mol. The van der Waals surface area contributed by atoms with Crippen LogP contribution in [0, 0.1) is 5.92 Å². The summed E-state index contributed by atoms with van der Waals surface area (Å²) < 4.78 is 5.49. The molecule has 0 atom stereocenters. The van der Waals surface area contributed by atoms with E-state index >= 15 is 0 Å². The van der Waals surface area contributed by atoms with Crippen LogP contribution >= 0.6 is 0 Å². The second-order valence-corrected chi connectivity index (χ2v) is 5.11. The molecule has 0 unspecified atom stereocenters. The van der Waals surface area contributed by atoms with Crippen LogP contribution in [0.5, 0.6) is 0 Å². The summed E-state index contributed by atoms with van der Waals surface area (Å²) >= 11 is 0. The summed E-state index contributed by atoms with van der Waals surface area (Å²) in [5.41, 5.74) is 1.04. The molecule has 0 aromatic carbocycles. The number of aromatic carboxylic acids is 1. The van der Waals surface area contributed by atoms with Gasteiger partial charge in [0.05, 0.1) is 12.2 Å². The Hall–Kier alpha value is -1.62. The van der Waals surface area contributed by atoms with E-state index in [0.717, 1.165) is 18.7 Å². The lowest BCUT2D eigenvalue weighted by Crippen LogP contribution is -2.13. The van der Waals surface area contributed by atoms with Crippen LogP contribution < -0.4 is 5.32 Å². The van der Waals surface area contributed by atoms with Crippen LogP contribution in [-0.4, -0.2) is 35.8 Å². The summed E-state index contributed by atoms with van der Waals surface area (Å²) in [4.78, 5) is 15.4. The van der Waals surface area contributed by atoms with Crippen molar-refractivity contribution >= 4 is 11.8 Å². The molecule has 0 amide bonds. The number of nitrogens with zero attached hydrogens (tertiary/aromatic N) is 1. The van der Waals surface area contributed by atoms with Crippen LogP contribution in [0.2, 0.25) is 0 Å². The van der Waals surface area contributed by atoms with E-state index in [9.17, 15) is 4.79 Å². The molecule has 0 aliphatic rings. The molecule has 0 spiro atoms. The Kier molecular flexibility index (Phi) is 7.01. The van der Waals surface area contributed by atoms with Crippen molar-refractivity contribution in [2.45, 2.75) is 33.6 Å². The predicted octanol–water partition coefficient (Wildman–Crippen LogP) is 2.82. The van der Waals surface area contributed by atoms with Gasteiger partial charge in [-0.2, -0.15) is 0 Å². The number of aromatic nitrogens is 1. The molecule has 0 aliphatic carbocycles. The molecule has 1 rings (SSSR count). The van der Waals surface area contributed by atoms with E-state index < -0.39 is 5.97 Å². The van der Waals surface area contributed by atoms with Crippen molar-refractivity contribution in [3.05, 3.63) is 23.4 Å². The zero-order chi connectivity index (χ0) is 15.0. The van der Waals surface area contributed by atoms with Gasteiger partial charge in [0, 0.05) is 18.8 Å². The maximum Gasteiger partial charge on any atom is 0.335 e. The Balaban J connectivity index is 2.43.